The van der Waals surface area contributed by atoms with Crippen molar-refractivity contribution in [3.05, 3.63) is 48.5 Å². The predicted molar refractivity (Wildman–Crippen MR) is 79.4 cm³/mol. The van der Waals surface area contributed by atoms with E-state index in [1.807, 2.05) is 30.8 Å². The van der Waals surface area contributed by atoms with Crippen LogP contribution in [0, 0.1) is 0 Å². The van der Waals surface area contributed by atoms with E-state index in [-0.39, 0.29) is 0 Å². The lowest BCUT2D eigenvalue weighted by atomic mass is 10.1. The molecular weight excluding hydrogens is 240 g/mol. The van der Waals surface area contributed by atoms with E-state index in [0.29, 0.717) is 6.61 Å². The van der Waals surface area contributed by atoms with E-state index in [1.54, 1.807) is 0 Å². The molecule has 0 radical (unpaired) electrons. The van der Waals surface area contributed by atoms with E-state index in [2.05, 4.69) is 43.3 Å². The van der Waals surface area contributed by atoms with Crippen molar-refractivity contribution in [3.63, 3.8) is 0 Å². The van der Waals surface area contributed by atoms with Crippen molar-refractivity contribution in [3.8, 4) is 16.9 Å². The minimum absolute atomic E-state index is 0.710. The second kappa shape index (κ2) is 6.50. The average molecular weight is 258 g/mol. The van der Waals surface area contributed by atoms with Crippen LogP contribution >= 0.6 is 11.8 Å². The van der Waals surface area contributed by atoms with Crippen molar-refractivity contribution in [2.75, 3.05) is 12.4 Å². The highest BCUT2D eigenvalue weighted by Gasteiger charge is 2.00. The Labute approximate surface area is 113 Å². The number of hydrogen-bond donors (Lipinski definition) is 0. The SMILES string of the molecule is CCOc1ccc(-c2cccc(SCC)c2)cc1. The molecule has 94 valence electrons. The van der Waals surface area contributed by atoms with Gasteiger partial charge in [0.05, 0.1) is 6.61 Å². The van der Waals surface area contributed by atoms with Gasteiger partial charge in [0, 0.05) is 4.90 Å². The lowest BCUT2D eigenvalue weighted by molar-refractivity contribution is 0.340. The summed E-state index contributed by atoms with van der Waals surface area (Å²) in [6.07, 6.45) is 0. The summed E-state index contributed by atoms with van der Waals surface area (Å²) in [6, 6.07) is 16.9. The first kappa shape index (κ1) is 13.0. The molecule has 0 aliphatic carbocycles. The molecule has 0 aromatic heterocycles. The number of benzene rings is 2. The fourth-order valence-electron chi connectivity index (χ4n) is 1.84. The maximum absolute atomic E-state index is 5.45. The molecule has 0 aliphatic rings. The molecule has 0 N–H and O–H groups in total. The van der Waals surface area contributed by atoms with Gasteiger partial charge in [-0.2, -0.15) is 0 Å². The van der Waals surface area contributed by atoms with Gasteiger partial charge in [0.1, 0.15) is 5.75 Å². The standard InChI is InChI=1S/C16H18OS/c1-3-17-15-10-8-13(9-11-15)14-6-5-7-16(12-14)18-4-2/h5-12H,3-4H2,1-2H3. The highest BCUT2D eigenvalue weighted by Crippen LogP contribution is 2.26. The Morgan fingerprint density at radius 1 is 0.944 bits per heavy atom. The maximum Gasteiger partial charge on any atom is 0.119 e. The Morgan fingerprint density at radius 2 is 1.72 bits per heavy atom. The second-order valence-corrected chi connectivity index (χ2v) is 5.26. The Kier molecular flexibility index (Phi) is 4.71. The van der Waals surface area contributed by atoms with E-state index in [0.717, 1.165) is 11.5 Å². The summed E-state index contributed by atoms with van der Waals surface area (Å²) in [5.41, 5.74) is 2.49. The van der Waals surface area contributed by atoms with Gasteiger partial charge in [-0.1, -0.05) is 31.2 Å². The van der Waals surface area contributed by atoms with Crippen LogP contribution in [0.4, 0.5) is 0 Å². The van der Waals surface area contributed by atoms with E-state index in [9.17, 15) is 0 Å². The van der Waals surface area contributed by atoms with Gasteiger partial charge in [-0.15, -0.1) is 11.8 Å². The first-order valence-electron chi connectivity index (χ1n) is 6.29. The highest BCUT2D eigenvalue weighted by molar-refractivity contribution is 7.99. The first-order chi connectivity index (χ1) is 8.83. The van der Waals surface area contributed by atoms with Crippen LogP contribution in [0.1, 0.15) is 13.8 Å². The minimum Gasteiger partial charge on any atom is -0.494 e. The molecule has 0 saturated heterocycles. The van der Waals surface area contributed by atoms with E-state index < -0.39 is 0 Å². The van der Waals surface area contributed by atoms with Gasteiger partial charge in [-0.3, -0.25) is 0 Å². The summed E-state index contributed by atoms with van der Waals surface area (Å²) in [6.45, 7) is 4.88. The molecular formula is C16H18OS. The van der Waals surface area contributed by atoms with Crippen LogP contribution in [-0.4, -0.2) is 12.4 Å². The maximum atomic E-state index is 5.45. The summed E-state index contributed by atoms with van der Waals surface area (Å²) in [7, 11) is 0. The van der Waals surface area contributed by atoms with Crippen molar-refractivity contribution < 1.29 is 4.74 Å². The van der Waals surface area contributed by atoms with Gasteiger partial charge in [0.2, 0.25) is 0 Å². The van der Waals surface area contributed by atoms with Crippen molar-refractivity contribution in [1.82, 2.24) is 0 Å². The summed E-state index contributed by atoms with van der Waals surface area (Å²) in [5.74, 6) is 2.03. The quantitative estimate of drug-likeness (QED) is 0.708. The van der Waals surface area contributed by atoms with Gasteiger partial charge in [0.25, 0.3) is 0 Å². The molecule has 0 saturated carbocycles. The summed E-state index contributed by atoms with van der Waals surface area (Å²) >= 11 is 1.87. The van der Waals surface area contributed by atoms with Crippen LogP contribution in [0.5, 0.6) is 5.75 Å². The zero-order chi connectivity index (χ0) is 12.8. The van der Waals surface area contributed by atoms with Gasteiger partial charge in [-0.25, -0.2) is 0 Å². The monoisotopic (exact) mass is 258 g/mol. The van der Waals surface area contributed by atoms with Crippen molar-refractivity contribution in [2.24, 2.45) is 0 Å². The van der Waals surface area contributed by atoms with E-state index >= 15 is 0 Å². The lowest BCUT2D eigenvalue weighted by Gasteiger charge is -2.06. The van der Waals surface area contributed by atoms with Crippen LogP contribution in [0.25, 0.3) is 11.1 Å². The number of hydrogen-bond acceptors (Lipinski definition) is 2. The third kappa shape index (κ3) is 3.30. The van der Waals surface area contributed by atoms with Crippen LogP contribution in [0.3, 0.4) is 0 Å². The molecule has 2 rings (SSSR count). The zero-order valence-electron chi connectivity index (χ0n) is 10.8. The van der Waals surface area contributed by atoms with Crippen LogP contribution in [0.2, 0.25) is 0 Å². The minimum atomic E-state index is 0.710. The molecule has 0 atom stereocenters. The molecule has 18 heavy (non-hydrogen) atoms. The first-order valence-corrected chi connectivity index (χ1v) is 7.28. The van der Waals surface area contributed by atoms with Gasteiger partial charge >= 0.3 is 0 Å². The summed E-state index contributed by atoms with van der Waals surface area (Å²) in [4.78, 5) is 1.32. The predicted octanol–water partition coefficient (Wildman–Crippen LogP) is 4.86. The summed E-state index contributed by atoms with van der Waals surface area (Å²) < 4.78 is 5.45. The van der Waals surface area contributed by atoms with Gasteiger partial charge in [0.15, 0.2) is 0 Å². The fraction of sp³-hybridized carbons (Fsp3) is 0.250. The lowest BCUT2D eigenvalue weighted by Crippen LogP contribution is -1.90. The largest absolute Gasteiger partial charge is 0.494 e. The Hall–Kier alpha value is -1.41. The molecule has 0 bridgehead atoms. The molecule has 2 heteroatoms. The van der Waals surface area contributed by atoms with Gasteiger partial charge in [-0.05, 0) is 48.1 Å². The van der Waals surface area contributed by atoms with Gasteiger partial charge < -0.3 is 4.74 Å². The summed E-state index contributed by atoms with van der Waals surface area (Å²) in [5, 5.41) is 0. The van der Waals surface area contributed by atoms with E-state index in [4.69, 9.17) is 4.74 Å². The number of thioether (sulfide) groups is 1. The Balaban J connectivity index is 2.22. The van der Waals surface area contributed by atoms with Crippen LogP contribution in [-0.2, 0) is 0 Å². The third-order valence-corrected chi connectivity index (χ3v) is 3.52. The van der Waals surface area contributed by atoms with Crippen molar-refractivity contribution in [1.29, 1.82) is 0 Å². The molecule has 0 amide bonds. The molecule has 0 heterocycles. The van der Waals surface area contributed by atoms with Crippen LogP contribution in [0.15, 0.2) is 53.4 Å². The molecule has 2 aromatic carbocycles. The normalized spacial score (nSPS) is 10.3. The zero-order valence-corrected chi connectivity index (χ0v) is 11.7. The Bertz CT molecular complexity index is 491. The molecule has 0 fully saturated rings. The second-order valence-electron chi connectivity index (χ2n) is 3.92. The molecule has 0 spiro atoms. The smallest absolute Gasteiger partial charge is 0.119 e. The molecule has 1 nitrogen and oxygen atoms in total. The topological polar surface area (TPSA) is 9.23 Å². The van der Waals surface area contributed by atoms with E-state index in [1.165, 1.54) is 16.0 Å². The number of ether oxygens (including phenoxy) is 1. The highest BCUT2D eigenvalue weighted by atomic mass is 32.2. The van der Waals surface area contributed by atoms with Crippen molar-refractivity contribution >= 4 is 11.8 Å². The Morgan fingerprint density at radius 3 is 2.39 bits per heavy atom. The fourth-order valence-corrected chi connectivity index (χ4v) is 2.56. The number of rotatable bonds is 5. The average Bonchev–Trinajstić information content (AvgIpc) is 2.41. The van der Waals surface area contributed by atoms with Crippen LogP contribution < -0.4 is 4.74 Å². The van der Waals surface area contributed by atoms with Crippen molar-refractivity contribution in [2.45, 2.75) is 18.7 Å². The molecule has 2 aromatic rings. The molecule has 0 unspecified atom stereocenters. The molecule has 0 aliphatic heterocycles. The third-order valence-electron chi connectivity index (χ3n) is 2.64.